The van der Waals surface area contributed by atoms with Crippen LogP contribution >= 0.6 is 11.3 Å². The molecule has 5 heteroatoms. The van der Waals surface area contributed by atoms with Gasteiger partial charge in [0, 0.05) is 30.6 Å². The number of likely N-dealkylation sites (N-methyl/N-ethyl adjacent to an activating group) is 1. The first-order chi connectivity index (χ1) is 12.5. The lowest BCUT2D eigenvalue weighted by molar-refractivity contribution is 0.0702. The zero-order valence-electron chi connectivity index (χ0n) is 16.2. The number of carbonyl (C=O) groups is 1. The van der Waals surface area contributed by atoms with Crippen LogP contribution in [0.2, 0.25) is 0 Å². The number of thiophene rings is 1. The van der Waals surface area contributed by atoms with Crippen LogP contribution in [0, 0.1) is 11.8 Å². The van der Waals surface area contributed by atoms with Crippen molar-refractivity contribution < 1.29 is 14.6 Å². The first-order valence-corrected chi connectivity index (χ1v) is 10.6. The Kier molecular flexibility index (Phi) is 6.54. The molecular formula is C21H31NO3S. The van der Waals surface area contributed by atoms with Crippen molar-refractivity contribution in [2.75, 3.05) is 26.7 Å². The molecule has 1 aliphatic carbocycles. The highest BCUT2D eigenvalue weighted by molar-refractivity contribution is 7.14. The summed E-state index contributed by atoms with van der Waals surface area (Å²) in [6.07, 6.45) is 6.03. The third-order valence-electron chi connectivity index (χ3n) is 6.00. The van der Waals surface area contributed by atoms with Gasteiger partial charge in [-0.05, 0) is 54.9 Å². The molecule has 1 saturated carbocycles. The molecule has 3 rings (SSSR count). The Balaban J connectivity index is 2.01. The lowest BCUT2D eigenvalue weighted by Crippen LogP contribution is -2.34. The summed E-state index contributed by atoms with van der Waals surface area (Å²) in [5.74, 6) is 0.627. The quantitative estimate of drug-likeness (QED) is 0.766. The lowest BCUT2D eigenvalue weighted by atomic mass is 9.75. The van der Waals surface area contributed by atoms with Crippen molar-refractivity contribution in [2.45, 2.75) is 52.6 Å². The largest absolute Gasteiger partial charge is 0.477 e. The van der Waals surface area contributed by atoms with Gasteiger partial charge in [0.25, 0.3) is 0 Å². The molecule has 1 aromatic rings. The van der Waals surface area contributed by atoms with E-state index in [9.17, 15) is 9.90 Å². The molecule has 0 bridgehead atoms. The summed E-state index contributed by atoms with van der Waals surface area (Å²) in [5, 5.41) is 9.74. The molecule has 2 aliphatic rings. The van der Waals surface area contributed by atoms with Crippen LogP contribution in [0.5, 0.6) is 0 Å². The molecule has 0 spiro atoms. The van der Waals surface area contributed by atoms with Crippen LogP contribution in [0.4, 0.5) is 0 Å². The number of methoxy groups -OCH3 is 1. The van der Waals surface area contributed by atoms with E-state index in [4.69, 9.17) is 4.74 Å². The van der Waals surface area contributed by atoms with E-state index in [0.717, 1.165) is 42.4 Å². The highest BCUT2D eigenvalue weighted by Gasteiger charge is 2.30. The minimum Gasteiger partial charge on any atom is -0.477 e. The number of rotatable bonds is 6. The SMILES string of the molecule is CCN1CCC(c2cc(COC)sc2C(=O)O)=C(C2CCC(C)CC2)C1. The van der Waals surface area contributed by atoms with Gasteiger partial charge in [0.2, 0.25) is 0 Å². The van der Waals surface area contributed by atoms with Crippen molar-refractivity contribution in [3.63, 3.8) is 0 Å². The summed E-state index contributed by atoms with van der Waals surface area (Å²) in [7, 11) is 1.66. The molecule has 0 atom stereocenters. The van der Waals surface area contributed by atoms with E-state index in [1.807, 2.05) is 0 Å². The van der Waals surface area contributed by atoms with Crippen LogP contribution in [-0.4, -0.2) is 42.7 Å². The van der Waals surface area contributed by atoms with Crippen molar-refractivity contribution in [3.05, 3.63) is 27.0 Å². The van der Waals surface area contributed by atoms with E-state index in [2.05, 4.69) is 24.8 Å². The Morgan fingerprint density at radius 1 is 1.35 bits per heavy atom. The van der Waals surface area contributed by atoms with E-state index < -0.39 is 5.97 Å². The van der Waals surface area contributed by atoms with Gasteiger partial charge in [-0.1, -0.05) is 26.7 Å². The first kappa shape index (κ1) is 19.6. The minimum absolute atomic E-state index is 0.482. The third kappa shape index (κ3) is 4.21. The number of aromatic carboxylic acids is 1. The lowest BCUT2D eigenvalue weighted by Gasteiger charge is -2.36. The normalized spacial score (nSPS) is 24.9. The van der Waals surface area contributed by atoms with Gasteiger partial charge < -0.3 is 9.84 Å². The molecule has 0 saturated heterocycles. The van der Waals surface area contributed by atoms with E-state index in [1.165, 1.54) is 48.2 Å². The third-order valence-corrected chi connectivity index (χ3v) is 7.10. The molecule has 1 aromatic heterocycles. The molecule has 144 valence electrons. The smallest absolute Gasteiger partial charge is 0.346 e. The van der Waals surface area contributed by atoms with Crippen LogP contribution in [0.25, 0.3) is 5.57 Å². The number of hydrogen-bond acceptors (Lipinski definition) is 4. The summed E-state index contributed by atoms with van der Waals surface area (Å²) in [5.41, 5.74) is 3.78. The van der Waals surface area contributed by atoms with Crippen molar-refractivity contribution in [1.29, 1.82) is 0 Å². The van der Waals surface area contributed by atoms with Gasteiger partial charge in [-0.25, -0.2) is 4.79 Å². The molecule has 1 N–H and O–H groups in total. The summed E-state index contributed by atoms with van der Waals surface area (Å²) < 4.78 is 5.25. The van der Waals surface area contributed by atoms with Gasteiger partial charge >= 0.3 is 5.97 Å². The highest BCUT2D eigenvalue weighted by Crippen LogP contribution is 2.42. The highest BCUT2D eigenvalue weighted by atomic mass is 32.1. The van der Waals surface area contributed by atoms with Gasteiger partial charge in [-0.15, -0.1) is 11.3 Å². The van der Waals surface area contributed by atoms with Gasteiger partial charge in [0.15, 0.2) is 0 Å². The Morgan fingerprint density at radius 2 is 2.08 bits per heavy atom. The second-order valence-electron chi connectivity index (χ2n) is 7.77. The fourth-order valence-electron chi connectivity index (χ4n) is 4.45. The molecule has 0 unspecified atom stereocenters. The Labute approximate surface area is 160 Å². The minimum atomic E-state index is -0.811. The van der Waals surface area contributed by atoms with Crippen molar-refractivity contribution in [2.24, 2.45) is 11.8 Å². The van der Waals surface area contributed by atoms with E-state index in [0.29, 0.717) is 17.4 Å². The maximum Gasteiger partial charge on any atom is 0.346 e. The average molecular weight is 378 g/mol. The first-order valence-electron chi connectivity index (χ1n) is 9.83. The van der Waals surface area contributed by atoms with Crippen LogP contribution in [0.15, 0.2) is 11.6 Å². The predicted octanol–water partition coefficient (Wildman–Crippen LogP) is 4.90. The molecule has 4 nitrogen and oxygen atoms in total. The molecule has 26 heavy (non-hydrogen) atoms. The topological polar surface area (TPSA) is 49.8 Å². The fourth-order valence-corrected chi connectivity index (χ4v) is 5.44. The summed E-state index contributed by atoms with van der Waals surface area (Å²) >= 11 is 1.37. The van der Waals surface area contributed by atoms with E-state index >= 15 is 0 Å². The number of carboxylic acid groups (broad SMARTS) is 1. The Bertz CT molecular complexity index is 671. The maximum absolute atomic E-state index is 11.9. The van der Waals surface area contributed by atoms with Gasteiger partial charge in [0.05, 0.1) is 6.61 Å². The van der Waals surface area contributed by atoms with E-state index in [-0.39, 0.29) is 0 Å². The molecule has 2 heterocycles. The molecule has 0 radical (unpaired) electrons. The monoisotopic (exact) mass is 377 g/mol. The van der Waals surface area contributed by atoms with Gasteiger partial charge in [0.1, 0.15) is 4.88 Å². The summed E-state index contributed by atoms with van der Waals surface area (Å²) in [6, 6.07) is 2.07. The molecular weight excluding hydrogens is 346 g/mol. The van der Waals surface area contributed by atoms with Crippen LogP contribution in [0.3, 0.4) is 0 Å². The van der Waals surface area contributed by atoms with Crippen LogP contribution in [0.1, 0.15) is 66.1 Å². The van der Waals surface area contributed by atoms with Gasteiger partial charge in [-0.2, -0.15) is 0 Å². The maximum atomic E-state index is 11.9. The molecule has 0 aromatic carbocycles. The Hall–Kier alpha value is -1.17. The Morgan fingerprint density at radius 3 is 2.69 bits per heavy atom. The second-order valence-corrected chi connectivity index (χ2v) is 8.91. The summed E-state index contributed by atoms with van der Waals surface area (Å²) in [6.45, 7) is 8.13. The zero-order chi connectivity index (χ0) is 18.7. The number of hydrogen-bond donors (Lipinski definition) is 1. The van der Waals surface area contributed by atoms with Crippen molar-refractivity contribution in [1.82, 2.24) is 4.90 Å². The molecule has 0 amide bonds. The van der Waals surface area contributed by atoms with Crippen LogP contribution in [-0.2, 0) is 11.3 Å². The second kappa shape index (κ2) is 8.68. The fraction of sp³-hybridized carbons (Fsp3) is 0.667. The molecule has 1 fully saturated rings. The van der Waals surface area contributed by atoms with E-state index in [1.54, 1.807) is 7.11 Å². The van der Waals surface area contributed by atoms with Crippen molar-refractivity contribution in [3.8, 4) is 0 Å². The van der Waals surface area contributed by atoms with Crippen molar-refractivity contribution >= 4 is 22.9 Å². The number of carboxylic acids is 1. The molecule has 1 aliphatic heterocycles. The standard InChI is InChI=1S/C21H31NO3S/c1-4-22-10-9-17(19(12-22)15-7-5-14(2)6-8-15)18-11-16(13-25-3)26-20(18)21(23)24/h11,14-15H,4-10,12-13H2,1-3H3,(H,23,24). The zero-order valence-corrected chi connectivity index (χ0v) is 17.0. The predicted molar refractivity (Wildman–Crippen MR) is 107 cm³/mol. The number of nitrogens with zero attached hydrogens (tertiary/aromatic N) is 1. The van der Waals surface area contributed by atoms with Gasteiger partial charge in [-0.3, -0.25) is 4.90 Å². The summed E-state index contributed by atoms with van der Waals surface area (Å²) in [4.78, 5) is 15.9. The number of ether oxygens (including phenoxy) is 1. The average Bonchev–Trinajstić information content (AvgIpc) is 3.06. The van der Waals surface area contributed by atoms with Crippen LogP contribution < -0.4 is 0 Å².